The molecule has 1 fully saturated rings. The lowest BCUT2D eigenvalue weighted by Gasteiger charge is -2.20. The van der Waals surface area contributed by atoms with Crippen molar-refractivity contribution in [1.82, 2.24) is 9.88 Å². The third-order valence-corrected chi connectivity index (χ3v) is 3.23. The molecule has 0 spiro atoms. The highest BCUT2D eigenvalue weighted by atomic mass is 16.2. The van der Waals surface area contributed by atoms with Crippen LogP contribution in [0.2, 0.25) is 0 Å². The van der Waals surface area contributed by atoms with Crippen molar-refractivity contribution in [3.05, 3.63) is 29.6 Å². The Morgan fingerprint density at radius 1 is 1.32 bits per heavy atom. The van der Waals surface area contributed by atoms with Gasteiger partial charge < -0.3 is 10.6 Å². The molecule has 1 aromatic rings. The van der Waals surface area contributed by atoms with Gasteiger partial charge in [-0.2, -0.15) is 0 Å². The number of carbonyl (C=O) groups is 1. The van der Waals surface area contributed by atoms with Crippen molar-refractivity contribution in [3.63, 3.8) is 0 Å². The Labute approximate surface area is 114 Å². The summed E-state index contributed by atoms with van der Waals surface area (Å²) in [7, 11) is 0. The Morgan fingerprint density at radius 3 is 2.74 bits per heavy atom. The highest BCUT2D eigenvalue weighted by Crippen LogP contribution is 2.14. The smallest absolute Gasteiger partial charge is 0.273 e. The van der Waals surface area contributed by atoms with Crippen LogP contribution >= 0.6 is 0 Å². The van der Waals surface area contributed by atoms with Gasteiger partial charge in [0.25, 0.3) is 5.91 Å². The summed E-state index contributed by atoms with van der Waals surface area (Å²) in [5.74, 6) is 5.70. The van der Waals surface area contributed by atoms with E-state index in [1.807, 2.05) is 11.0 Å². The topological polar surface area (TPSA) is 59.2 Å². The van der Waals surface area contributed by atoms with Crippen LogP contribution in [0.5, 0.6) is 0 Å². The molecular formula is C15H19N3O. The standard InChI is InChI=1S/C15H19N3O/c16-9-5-7-13-8-6-10-17-14(13)15(19)18-11-3-1-2-4-12-18/h6,8,10H,1-4,9,11-12,16H2. The molecule has 0 aromatic carbocycles. The van der Waals surface area contributed by atoms with Gasteiger partial charge in [0.2, 0.25) is 0 Å². The number of rotatable bonds is 1. The van der Waals surface area contributed by atoms with Gasteiger partial charge in [-0.25, -0.2) is 4.98 Å². The summed E-state index contributed by atoms with van der Waals surface area (Å²) < 4.78 is 0. The first-order chi connectivity index (χ1) is 9.33. The van der Waals surface area contributed by atoms with E-state index >= 15 is 0 Å². The first-order valence-electron chi connectivity index (χ1n) is 6.76. The summed E-state index contributed by atoms with van der Waals surface area (Å²) in [6.07, 6.45) is 6.18. The Bertz CT molecular complexity index is 494. The van der Waals surface area contributed by atoms with E-state index in [2.05, 4.69) is 16.8 Å². The van der Waals surface area contributed by atoms with E-state index in [1.165, 1.54) is 12.8 Å². The molecule has 0 aliphatic carbocycles. The minimum Gasteiger partial charge on any atom is -0.337 e. The Hall–Kier alpha value is -1.86. The molecule has 1 amide bonds. The zero-order valence-corrected chi connectivity index (χ0v) is 11.1. The molecule has 0 unspecified atom stereocenters. The molecule has 2 rings (SSSR count). The molecule has 19 heavy (non-hydrogen) atoms. The number of likely N-dealkylation sites (tertiary alicyclic amines) is 1. The molecule has 1 aliphatic heterocycles. The second-order valence-electron chi connectivity index (χ2n) is 4.61. The van der Waals surface area contributed by atoms with Crippen molar-refractivity contribution in [3.8, 4) is 11.8 Å². The Morgan fingerprint density at radius 2 is 2.05 bits per heavy atom. The van der Waals surface area contributed by atoms with Crippen molar-refractivity contribution < 1.29 is 4.79 Å². The average Bonchev–Trinajstić information content (AvgIpc) is 2.73. The normalized spacial score (nSPS) is 15.3. The maximum atomic E-state index is 12.5. The van der Waals surface area contributed by atoms with E-state index < -0.39 is 0 Å². The molecule has 0 bridgehead atoms. The maximum Gasteiger partial charge on any atom is 0.273 e. The molecular weight excluding hydrogens is 238 g/mol. The van der Waals surface area contributed by atoms with Crippen LogP contribution in [0, 0.1) is 11.8 Å². The lowest BCUT2D eigenvalue weighted by atomic mass is 10.1. The third kappa shape index (κ3) is 3.55. The van der Waals surface area contributed by atoms with Crippen LogP contribution in [0.1, 0.15) is 41.7 Å². The van der Waals surface area contributed by atoms with Gasteiger partial charge in [0.1, 0.15) is 5.69 Å². The Kier molecular flexibility index (Phi) is 4.93. The van der Waals surface area contributed by atoms with Crippen LogP contribution in [-0.2, 0) is 0 Å². The maximum absolute atomic E-state index is 12.5. The highest BCUT2D eigenvalue weighted by Gasteiger charge is 2.20. The summed E-state index contributed by atoms with van der Waals surface area (Å²) in [5, 5.41) is 0. The lowest BCUT2D eigenvalue weighted by Crippen LogP contribution is -2.33. The summed E-state index contributed by atoms with van der Waals surface area (Å²) in [6, 6.07) is 3.61. The lowest BCUT2D eigenvalue weighted by molar-refractivity contribution is 0.0755. The van der Waals surface area contributed by atoms with Crippen molar-refractivity contribution in [2.45, 2.75) is 25.7 Å². The van der Waals surface area contributed by atoms with E-state index in [9.17, 15) is 4.79 Å². The molecule has 0 radical (unpaired) electrons. The summed E-state index contributed by atoms with van der Waals surface area (Å²) in [4.78, 5) is 18.6. The Balaban J connectivity index is 2.22. The number of pyridine rings is 1. The van der Waals surface area contributed by atoms with E-state index in [0.29, 0.717) is 11.3 Å². The second-order valence-corrected chi connectivity index (χ2v) is 4.61. The molecule has 0 saturated carbocycles. The van der Waals surface area contributed by atoms with Crippen LogP contribution < -0.4 is 5.73 Å². The number of carbonyl (C=O) groups excluding carboxylic acids is 1. The summed E-state index contributed by atoms with van der Waals surface area (Å²) in [5.41, 5.74) is 6.49. The van der Waals surface area contributed by atoms with E-state index in [4.69, 9.17) is 5.73 Å². The first kappa shape index (κ1) is 13.6. The van der Waals surface area contributed by atoms with Crippen LogP contribution in [-0.4, -0.2) is 35.4 Å². The third-order valence-electron chi connectivity index (χ3n) is 3.23. The van der Waals surface area contributed by atoms with Gasteiger partial charge in [-0.05, 0) is 25.0 Å². The number of nitrogens with zero attached hydrogens (tertiary/aromatic N) is 2. The van der Waals surface area contributed by atoms with Crippen LogP contribution in [0.3, 0.4) is 0 Å². The average molecular weight is 257 g/mol. The van der Waals surface area contributed by atoms with Crippen LogP contribution in [0.4, 0.5) is 0 Å². The summed E-state index contributed by atoms with van der Waals surface area (Å²) in [6.45, 7) is 1.92. The predicted octanol–water partition coefficient (Wildman–Crippen LogP) is 1.41. The SMILES string of the molecule is NCC#Cc1cccnc1C(=O)N1CCCCCC1. The number of amides is 1. The molecule has 0 atom stereocenters. The molecule has 2 N–H and O–H groups in total. The monoisotopic (exact) mass is 257 g/mol. The molecule has 1 saturated heterocycles. The fourth-order valence-corrected chi connectivity index (χ4v) is 2.25. The number of aromatic nitrogens is 1. The molecule has 4 nitrogen and oxygen atoms in total. The van der Waals surface area contributed by atoms with Crippen molar-refractivity contribution in [2.75, 3.05) is 19.6 Å². The number of hydrogen-bond donors (Lipinski definition) is 1. The van der Waals surface area contributed by atoms with Crippen LogP contribution in [0.25, 0.3) is 0 Å². The molecule has 100 valence electrons. The van der Waals surface area contributed by atoms with Gasteiger partial charge in [0, 0.05) is 19.3 Å². The molecule has 4 heteroatoms. The molecule has 1 aliphatic rings. The minimum atomic E-state index is -0.0104. The fourth-order valence-electron chi connectivity index (χ4n) is 2.25. The van der Waals surface area contributed by atoms with Gasteiger partial charge in [0.05, 0.1) is 12.1 Å². The quantitative estimate of drug-likeness (QED) is 0.774. The zero-order valence-electron chi connectivity index (χ0n) is 11.1. The van der Waals surface area contributed by atoms with Crippen molar-refractivity contribution >= 4 is 5.91 Å². The van der Waals surface area contributed by atoms with Gasteiger partial charge in [-0.3, -0.25) is 4.79 Å². The number of hydrogen-bond acceptors (Lipinski definition) is 3. The predicted molar refractivity (Wildman–Crippen MR) is 74.5 cm³/mol. The van der Waals surface area contributed by atoms with Crippen LogP contribution in [0.15, 0.2) is 18.3 Å². The van der Waals surface area contributed by atoms with E-state index in [0.717, 1.165) is 25.9 Å². The second kappa shape index (κ2) is 6.91. The van der Waals surface area contributed by atoms with Gasteiger partial charge in [0.15, 0.2) is 0 Å². The summed E-state index contributed by atoms with van der Waals surface area (Å²) >= 11 is 0. The fraction of sp³-hybridized carbons (Fsp3) is 0.467. The van der Waals surface area contributed by atoms with Gasteiger partial charge in [-0.1, -0.05) is 24.7 Å². The first-order valence-corrected chi connectivity index (χ1v) is 6.76. The largest absolute Gasteiger partial charge is 0.337 e. The van der Waals surface area contributed by atoms with Gasteiger partial charge in [-0.15, -0.1) is 0 Å². The molecule has 1 aromatic heterocycles. The number of nitrogens with two attached hydrogens (primary N) is 1. The van der Waals surface area contributed by atoms with Crippen molar-refractivity contribution in [1.29, 1.82) is 0 Å². The van der Waals surface area contributed by atoms with E-state index in [-0.39, 0.29) is 12.5 Å². The van der Waals surface area contributed by atoms with Gasteiger partial charge >= 0.3 is 0 Å². The van der Waals surface area contributed by atoms with E-state index in [1.54, 1.807) is 12.3 Å². The molecule has 2 heterocycles. The van der Waals surface area contributed by atoms with Crippen molar-refractivity contribution in [2.24, 2.45) is 5.73 Å². The zero-order chi connectivity index (χ0) is 13.5. The highest BCUT2D eigenvalue weighted by molar-refractivity contribution is 5.94. The minimum absolute atomic E-state index is 0.0104.